The molecule has 1 aromatic carbocycles. The van der Waals surface area contributed by atoms with E-state index in [-0.39, 0.29) is 11.3 Å². The summed E-state index contributed by atoms with van der Waals surface area (Å²) in [6, 6.07) is 7.65. The van der Waals surface area contributed by atoms with Crippen molar-refractivity contribution in [3.8, 4) is 22.9 Å². The second-order valence-electron chi connectivity index (χ2n) is 3.56. The number of hydrogen-bond acceptors (Lipinski definition) is 3. The van der Waals surface area contributed by atoms with E-state index in [2.05, 4.69) is 4.98 Å². The number of methoxy groups -OCH3 is 1. The molecule has 0 radical (unpaired) electrons. The van der Waals surface area contributed by atoms with E-state index in [1.807, 2.05) is 6.07 Å². The molecule has 4 nitrogen and oxygen atoms in total. The molecule has 2 aromatic rings. The van der Waals surface area contributed by atoms with Crippen LogP contribution in [0.5, 0.6) is 5.75 Å². The minimum absolute atomic E-state index is 0.0398. The van der Waals surface area contributed by atoms with Crippen LogP contribution in [0.1, 0.15) is 5.56 Å². The summed E-state index contributed by atoms with van der Waals surface area (Å²) in [5, 5.41) is 8.94. The molecule has 0 atom stereocenters. The van der Waals surface area contributed by atoms with Gasteiger partial charge in [0.05, 0.1) is 7.11 Å². The summed E-state index contributed by atoms with van der Waals surface area (Å²) in [4.78, 5) is 13.9. The maximum atomic E-state index is 13.6. The van der Waals surface area contributed by atoms with E-state index in [0.29, 0.717) is 11.1 Å². The van der Waals surface area contributed by atoms with Gasteiger partial charge >= 0.3 is 0 Å². The molecule has 1 heterocycles. The Labute approximate surface area is 102 Å². The Hall–Kier alpha value is -2.61. The molecule has 1 N–H and O–H groups in total. The molecule has 0 aliphatic carbocycles. The predicted octanol–water partition coefficient (Wildman–Crippen LogP) is 2.06. The molecular weight excluding hydrogens is 235 g/mol. The highest BCUT2D eigenvalue weighted by molar-refractivity contribution is 5.70. The molecule has 2 rings (SSSR count). The van der Waals surface area contributed by atoms with E-state index < -0.39 is 11.4 Å². The number of aromatic amines is 1. The lowest BCUT2D eigenvalue weighted by Gasteiger charge is -2.06. The molecule has 0 saturated carbocycles. The van der Waals surface area contributed by atoms with Gasteiger partial charge in [-0.15, -0.1) is 0 Å². The van der Waals surface area contributed by atoms with Crippen molar-refractivity contribution in [3.63, 3.8) is 0 Å². The van der Waals surface area contributed by atoms with Crippen molar-refractivity contribution in [1.29, 1.82) is 5.26 Å². The highest BCUT2D eigenvalue weighted by atomic mass is 19.1. The third-order valence-electron chi connectivity index (χ3n) is 2.54. The summed E-state index contributed by atoms with van der Waals surface area (Å²) in [6.07, 6.45) is 1.42. The zero-order valence-electron chi connectivity index (χ0n) is 9.53. The topological polar surface area (TPSA) is 65.9 Å². The van der Waals surface area contributed by atoms with E-state index in [0.717, 1.165) is 0 Å². The van der Waals surface area contributed by atoms with E-state index in [1.165, 1.54) is 25.4 Å². The first-order chi connectivity index (χ1) is 8.67. The average Bonchev–Trinajstić information content (AvgIpc) is 2.38. The Morgan fingerprint density at radius 2 is 2.17 bits per heavy atom. The van der Waals surface area contributed by atoms with Gasteiger partial charge in [0.2, 0.25) is 0 Å². The normalized spacial score (nSPS) is 9.83. The minimum atomic E-state index is -0.542. The first-order valence-electron chi connectivity index (χ1n) is 5.13. The van der Waals surface area contributed by atoms with Crippen LogP contribution < -0.4 is 10.3 Å². The Balaban J connectivity index is 2.64. The lowest BCUT2D eigenvalue weighted by atomic mass is 10.0. The molecule has 0 saturated heterocycles. The molecular formula is C13H9FN2O2. The maximum absolute atomic E-state index is 13.6. The van der Waals surface area contributed by atoms with Crippen molar-refractivity contribution in [3.05, 3.63) is 52.2 Å². The zero-order chi connectivity index (χ0) is 13.1. The molecule has 0 bridgehead atoms. The van der Waals surface area contributed by atoms with E-state index >= 15 is 0 Å². The van der Waals surface area contributed by atoms with Gasteiger partial charge in [-0.3, -0.25) is 4.79 Å². The van der Waals surface area contributed by atoms with Crippen molar-refractivity contribution in [1.82, 2.24) is 4.98 Å². The largest absolute Gasteiger partial charge is 0.494 e. The van der Waals surface area contributed by atoms with Gasteiger partial charge in [-0.25, -0.2) is 4.39 Å². The molecule has 0 aliphatic rings. The fraction of sp³-hybridized carbons (Fsp3) is 0.0769. The van der Waals surface area contributed by atoms with Crippen LogP contribution in [-0.2, 0) is 0 Å². The average molecular weight is 244 g/mol. The summed E-state index contributed by atoms with van der Waals surface area (Å²) < 4.78 is 18.4. The van der Waals surface area contributed by atoms with Gasteiger partial charge in [0, 0.05) is 11.8 Å². The van der Waals surface area contributed by atoms with Gasteiger partial charge in [-0.05, 0) is 23.8 Å². The Morgan fingerprint density at radius 3 is 2.78 bits per heavy atom. The van der Waals surface area contributed by atoms with Crippen LogP contribution in [-0.4, -0.2) is 12.1 Å². The van der Waals surface area contributed by atoms with Crippen LogP contribution in [0.2, 0.25) is 0 Å². The molecule has 0 amide bonds. The second-order valence-corrected chi connectivity index (χ2v) is 3.56. The number of halogens is 1. The van der Waals surface area contributed by atoms with Gasteiger partial charge in [0.15, 0.2) is 11.6 Å². The third-order valence-corrected chi connectivity index (χ3v) is 2.54. The molecule has 5 heteroatoms. The first kappa shape index (κ1) is 11.9. The molecule has 90 valence electrons. The zero-order valence-corrected chi connectivity index (χ0v) is 9.53. The summed E-state index contributed by atoms with van der Waals surface area (Å²) in [5.74, 6) is -0.429. The summed E-state index contributed by atoms with van der Waals surface area (Å²) in [6.45, 7) is 0. The second kappa shape index (κ2) is 4.72. The lowest BCUT2D eigenvalue weighted by Crippen LogP contribution is -2.10. The smallest absolute Gasteiger partial charge is 0.266 e. The van der Waals surface area contributed by atoms with Gasteiger partial charge in [-0.1, -0.05) is 6.07 Å². The van der Waals surface area contributed by atoms with Crippen LogP contribution >= 0.6 is 0 Å². The number of benzene rings is 1. The first-order valence-corrected chi connectivity index (χ1v) is 5.13. The monoisotopic (exact) mass is 244 g/mol. The number of ether oxygens (including phenoxy) is 1. The van der Waals surface area contributed by atoms with E-state index in [4.69, 9.17) is 10.00 Å². The highest BCUT2D eigenvalue weighted by Gasteiger charge is 2.11. The Kier molecular flexibility index (Phi) is 3.11. The van der Waals surface area contributed by atoms with Crippen LogP contribution in [0, 0.1) is 17.1 Å². The highest BCUT2D eigenvalue weighted by Crippen LogP contribution is 2.26. The van der Waals surface area contributed by atoms with Gasteiger partial charge in [0.1, 0.15) is 11.6 Å². The van der Waals surface area contributed by atoms with E-state index in [9.17, 15) is 9.18 Å². The van der Waals surface area contributed by atoms with Crippen molar-refractivity contribution in [2.24, 2.45) is 0 Å². The molecule has 18 heavy (non-hydrogen) atoms. The maximum Gasteiger partial charge on any atom is 0.266 e. The number of pyridine rings is 1. The molecule has 0 aliphatic heterocycles. The number of rotatable bonds is 2. The molecule has 0 fully saturated rings. The van der Waals surface area contributed by atoms with Gasteiger partial charge < -0.3 is 9.72 Å². The van der Waals surface area contributed by atoms with Crippen LogP contribution in [0.15, 0.2) is 35.3 Å². The van der Waals surface area contributed by atoms with Crippen LogP contribution in [0.4, 0.5) is 4.39 Å². The standard InChI is InChI=1S/C13H9FN2O2/c1-18-12-3-2-8(6-11(12)14)9-4-5-16-13(17)10(9)7-15/h2-6H,1H3,(H,16,17). The third kappa shape index (κ3) is 1.96. The van der Waals surface area contributed by atoms with Crippen molar-refractivity contribution >= 4 is 0 Å². The number of aromatic nitrogens is 1. The summed E-state index contributed by atoms with van der Waals surface area (Å²) in [7, 11) is 1.37. The summed E-state index contributed by atoms with van der Waals surface area (Å²) >= 11 is 0. The van der Waals surface area contributed by atoms with Crippen molar-refractivity contribution in [2.45, 2.75) is 0 Å². The number of nitrogens with one attached hydrogen (secondary N) is 1. The Bertz CT molecular complexity index is 686. The minimum Gasteiger partial charge on any atom is -0.494 e. The lowest BCUT2D eigenvalue weighted by molar-refractivity contribution is 0.386. The SMILES string of the molecule is COc1ccc(-c2cc[nH]c(=O)c2C#N)cc1F. The van der Waals surface area contributed by atoms with Crippen molar-refractivity contribution < 1.29 is 9.13 Å². The van der Waals surface area contributed by atoms with Gasteiger partial charge in [-0.2, -0.15) is 5.26 Å². The molecule has 0 spiro atoms. The quantitative estimate of drug-likeness (QED) is 0.879. The fourth-order valence-corrected chi connectivity index (χ4v) is 1.66. The van der Waals surface area contributed by atoms with Crippen LogP contribution in [0.3, 0.4) is 0 Å². The van der Waals surface area contributed by atoms with E-state index in [1.54, 1.807) is 12.1 Å². The summed E-state index contributed by atoms with van der Waals surface area (Å²) in [5.41, 5.74) is 0.312. The predicted molar refractivity (Wildman–Crippen MR) is 63.7 cm³/mol. The number of H-pyrrole nitrogens is 1. The number of hydrogen-bond donors (Lipinski definition) is 1. The van der Waals surface area contributed by atoms with Gasteiger partial charge in [0.25, 0.3) is 5.56 Å². The Morgan fingerprint density at radius 1 is 1.39 bits per heavy atom. The number of nitriles is 1. The van der Waals surface area contributed by atoms with Crippen LogP contribution in [0.25, 0.3) is 11.1 Å². The fourth-order valence-electron chi connectivity index (χ4n) is 1.66. The molecule has 1 aromatic heterocycles. The van der Waals surface area contributed by atoms with Crippen molar-refractivity contribution in [2.75, 3.05) is 7.11 Å². The molecule has 0 unspecified atom stereocenters. The number of nitrogens with zero attached hydrogens (tertiary/aromatic N) is 1.